The van der Waals surface area contributed by atoms with E-state index in [1.54, 1.807) is 6.07 Å². The van der Waals surface area contributed by atoms with Gasteiger partial charge in [-0.15, -0.1) is 0 Å². The number of halogens is 3. The van der Waals surface area contributed by atoms with E-state index in [4.69, 9.17) is 0 Å². The summed E-state index contributed by atoms with van der Waals surface area (Å²) in [7, 11) is 0. The molecular weight excluding hydrogens is 203 g/mol. The SMILES string of the molecule is Fc1cc(C2CCNC2)ccc1C(F)F. The molecule has 1 heterocycles. The van der Waals surface area contributed by atoms with Crippen molar-refractivity contribution in [1.29, 1.82) is 0 Å². The summed E-state index contributed by atoms with van der Waals surface area (Å²) in [4.78, 5) is 0. The molecule has 2 rings (SSSR count). The number of benzene rings is 1. The Morgan fingerprint density at radius 2 is 2.13 bits per heavy atom. The lowest BCUT2D eigenvalue weighted by atomic mass is 9.97. The zero-order valence-corrected chi connectivity index (χ0v) is 8.14. The van der Waals surface area contributed by atoms with Crippen molar-refractivity contribution in [2.75, 3.05) is 13.1 Å². The predicted octanol–water partition coefficient (Wildman–Crippen LogP) is 2.84. The molecule has 1 atom stereocenters. The lowest BCUT2D eigenvalue weighted by Gasteiger charge is -2.10. The molecule has 15 heavy (non-hydrogen) atoms. The van der Waals surface area contributed by atoms with Crippen LogP contribution in [0.25, 0.3) is 0 Å². The third-order valence-electron chi connectivity index (χ3n) is 2.79. The summed E-state index contributed by atoms with van der Waals surface area (Å²) in [6.45, 7) is 1.70. The van der Waals surface area contributed by atoms with Crippen molar-refractivity contribution in [3.8, 4) is 0 Å². The van der Waals surface area contributed by atoms with Crippen molar-refractivity contribution >= 4 is 0 Å². The highest BCUT2D eigenvalue weighted by Gasteiger charge is 2.19. The second kappa shape index (κ2) is 4.23. The molecular formula is C11H12F3N. The fraction of sp³-hybridized carbons (Fsp3) is 0.455. The van der Waals surface area contributed by atoms with E-state index in [-0.39, 0.29) is 5.92 Å². The van der Waals surface area contributed by atoms with Crippen LogP contribution in [0.2, 0.25) is 0 Å². The zero-order chi connectivity index (χ0) is 10.8. The average Bonchev–Trinajstić information content (AvgIpc) is 2.69. The molecule has 1 N–H and O–H groups in total. The molecule has 0 spiro atoms. The number of hydrogen-bond donors (Lipinski definition) is 1. The lowest BCUT2D eigenvalue weighted by molar-refractivity contribution is 0.146. The van der Waals surface area contributed by atoms with Gasteiger partial charge in [0, 0.05) is 6.54 Å². The Balaban J connectivity index is 2.24. The van der Waals surface area contributed by atoms with E-state index in [0.717, 1.165) is 25.1 Å². The van der Waals surface area contributed by atoms with Gasteiger partial charge in [0.05, 0.1) is 5.56 Å². The van der Waals surface area contributed by atoms with Crippen LogP contribution in [0.1, 0.15) is 29.9 Å². The van der Waals surface area contributed by atoms with Crippen LogP contribution in [0.15, 0.2) is 18.2 Å². The molecule has 1 aliphatic rings. The molecule has 1 unspecified atom stereocenters. The molecule has 0 aromatic heterocycles. The minimum absolute atomic E-state index is 0.256. The van der Waals surface area contributed by atoms with Crippen molar-refractivity contribution < 1.29 is 13.2 Å². The molecule has 0 bridgehead atoms. The van der Waals surface area contributed by atoms with Gasteiger partial charge in [-0.25, -0.2) is 13.2 Å². The highest BCUT2D eigenvalue weighted by molar-refractivity contribution is 5.28. The first-order chi connectivity index (χ1) is 7.18. The van der Waals surface area contributed by atoms with Gasteiger partial charge in [0.15, 0.2) is 0 Å². The highest BCUT2D eigenvalue weighted by atomic mass is 19.3. The fourth-order valence-corrected chi connectivity index (χ4v) is 1.91. The van der Waals surface area contributed by atoms with E-state index in [0.29, 0.717) is 0 Å². The smallest absolute Gasteiger partial charge is 0.266 e. The quantitative estimate of drug-likeness (QED) is 0.799. The van der Waals surface area contributed by atoms with E-state index in [9.17, 15) is 13.2 Å². The Bertz CT molecular complexity index is 346. The van der Waals surface area contributed by atoms with Crippen molar-refractivity contribution in [3.05, 3.63) is 35.1 Å². The molecule has 1 fully saturated rings. The van der Waals surface area contributed by atoms with E-state index in [1.807, 2.05) is 0 Å². The van der Waals surface area contributed by atoms with Crippen LogP contribution in [-0.4, -0.2) is 13.1 Å². The van der Waals surface area contributed by atoms with Gasteiger partial charge in [0.1, 0.15) is 5.82 Å². The normalized spacial score (nSPS) is 21.2. The number of rotatable bonds is 2. The Kier molecular flexibility index (Phi) is 2.95. The van der Waals surface area contributed by atoms with E-state index < -0.39 is 17.8 Å². The Morgan fingerprint density at radius 1 is 1.33 bits per heavy atom. The second-order valence-corrected chi connectivity index (χ2v) is 3.77. The maximum atomic E-state index is 13.3. The maximum absolute atomic E-state index is 13.3. The first-order valence-corrected chi connectivity index (χ1v) is 4.96. The molecule has 1 nitrogen and oxygen atoms in total. The first kappa shape index (κ1) is 10.5. The van der Waals surface area contributed by atoms with E-state index in [2.05, 4.69) is 5.32 Å². The summed E-state index contributed by atoms with van der Waals surface area (Å²) >= 11 is 0. The fourth-order valence-electron chi connectivity index (χ4n) is 1.91. The van der Waals surface area contributed by atoms with Gasteiger partial charge in [0.25, 0.3) is 6.43 Å². The van der Waals surface area contributed by atoms with Crippen molar-refractivity contribution in [1.82, 2.24) is 5.32 Å². The first-order valence-electron chi connectivity index (χ1n) is 4.96. The monoisotopic (exact) mass is 215 g/mol. The largest absolute Gasteiger partial charge is 0.316 e. The molecule has 1 aromatic carbocycles. The van der Waals surface area contributed by atoms with Gasteiger partial charge < -0.3 is 5.32 Å². The van der Waals surface area contributed by atoms with Crippen molar-refractivity contribution in [3.63, 3.8) is 0 Å². The summed E-state index contributed by atoms with van der Waals surface area (Å²) in [5, 5.41) is 3.16. The summed E-state index contributed by atoms with van der Waals surface area (Å²) in [5.41, 5.74) is 0.298. The zero-order valence-electron chi connectivity index (χ0n) is 8.14. The highest BCUT2D eigenvalue weighted by Crippen LogP contribution is 2.27. The van der Waals surface area contributed by atoms with Crippen LogP contribution in [-0.2, 0) is 0 Å². The van der Waals surface area contributed by atoms with Crippen LogP contribution in [0.5, 0.6) is 0 Å². The minimum atomic E-state index is -2.74. The standard InChI is InChI=1S/C11H12F3N/c12-10-5-7(8-3-4-15-6-8)1-2-9(10)11(13)14/h1-2,5,8,11,15H,3-4,6H2. The molecule has 0 saturated carbocycles. The molecule has 4 heteroatoms. The van der Waals surface area contributed by atoms with Crippen molar-refractivity contribution in [2.24, 2.45) is 0 Å². The molecule has 1 saturated heterocycles. The molecule has 0 aliphatic carbocycles. The average molecular weight is 215 g/mol. The summed E-state index contributed by atoms with van der Waals surface area (Å²) in [6, 6.07) is 4.02. The molecule has 0 amide bonds. The van der Waals surface area contributed by atoms with Gasteiger partial charge in [-0.3, -0.25) is 0 Å². The predicted molar refractivity (Wildman–Crippen MR) is 51.6 cm³/mol. The third-order valence-corrected chi connectivity index (χ3v) is 2.79. The molecule has 0 radical (unpaired) electrons. The maximum Gasteiger partial charge on any atom is 0.266 e. The van der Waals surface area contributed by atoms with Gasteiger partial charge in [-0.05, 0) is 30.5 Å². The Labute approximate surface area is 86.3 Å². The van der Waals surface area contributed by atoms with Crippen LogP contribution >= 0.6 is 0 Å². The Morgan fingerprint density at radius 3 is 2.67 bits per heavy atom. The third kappa shape index (κ3) is 2.15. The summed E-state index contributed by atoms with van der Waals surface area (Å²) in [6.07, 6.45) is -1.80. The molecule has 82 valence electrons. The van der Waals surface area contributed by atoms with Gasteiger partial charge in [-0.2, -0.15) is 0 Å². The molecule has 1 aromatic rings. The second-order valence-electron chi connectivity index (χ2n) is 3.77. The number of nitrogens with one attached hydrogen (secondary N) is 1. The van der Waals surface area contributed by atoms with Crippen LogP contribution in [0, 0.1) is 5.82 Å². The van der Waals surface area contributed by atoms with Crippen molar-refractivity contribution in [2.45, 2.75) is 18.8 Å². The summed E-state index contributed by atoms with van der Waals surface area (Å²) in [5.74, 6) is -0.541. The molecule has 1 aliphatic heterocycles. The van der Waals surface area contributed by atoms with Crippen LogP contribution < -0.4 is 5.32 Å². The topological polar surface area (TPSA) is 12.0 Å². The summed E-state index contributed by atoms with van der Waals surface area (Å²) < 4.78 is 37.8. The van der Waals surface area contributed by atoms with Gasteiger partial charge in [0.2, 0.25) is 0 Å². The van der Waals surface area contributed by atoms with E-state index >= 15 is 0 Å². The van der Waals surface area contributed by atoms with Crippen LogP contribution in [0.3, 0.4) is 0 Å². The Hall–Kier alpha value is -1.03. The van der Waals surface area contributed by atoms with Gasteiger partial charge in [-0.1, -0.05) is 12.1 Å². The number of alkyl halides is 2. The minimum Gasteiger partial charge on any atom is -0.316 e. The number of hydrogen-bond acceptors (Lipinski definition) is 1. The lowest BCUT2D eigenvalue weighted by Crippen LogP contribution is -2.08. The van der Waals surface area contributed by atoms with Gasteiger partial charge >= 0.3 is 0 Å². The van der Waals surface area contributed by atoms with E-state index in [1.165, 1.54) is 12.1 Å². The van der Waals surface area contributed by atoms with Crippen LogP contribution in [0.4, 0.5) is 13.2 Å².